The Hall–Kier alpha value is -3.20. The number of aromatic nitrogens is 2. The Kier molecular flexibility index (Phi) is 4.49. The van der Waals surface area contributed by atoms with Crippen LogP contribution >= 0.6 is 0 Å². The molecule has 1 heterocycles. The third-order valence-corrected chi connectivity index (χ3v) is 2.79. The summed E-state index contributed by atoms with van der Waals surface area (Å²) in [5, 5.41) is 8.59. The van der Waals surface area contributed by atoms with Crippen LogP contribution in [-0.4, -0.2) is 29.3 Å². The van der Waals surface area contributed by atoms with Crippen molar-refractivity contribution in [3.63, 3.8) is 0 Å². The molecule has 0 unspecified atom stereocenters. The zero-order valence-electron chi connectivity index (χ0n) is 11.5. The highest BCUT2D eigenvalue weighted by Gasteiger charge is 2.12. The molecule has 9 heteroatoms. The molecule has 9 nitrogen and oxygen atoms in total. The van der Waals surface area contributed by atoms with Crippen LogP contribution in [-0.2, 0) is 4.74 Å². The molecule has 114 valence electrons. The lowest BCUT2D eigenvalue weighted by atomic mass is 10.1. The van der Waals surface area contributed by atoms with Gasteiger partial charge < -0.3 is 4.74 Å². The molecule has 22 heavy (non-hydrogen) atoms. The standard InChI is InChI=1S/C13H13N5O4/c1-22-13(21)15-8-4-2-7(3-5-8)10-6-9(11(19)16-14)12(20)18-17-10/h2-6H,14H2,1H3,(H,15,21)(H,16,19)(H,18,20). The first-order valence-corrected chi connectivity index (χ1v) is 6.11. The number of hydrogen-bond donors (Lipinski definition) is 4. The van der Waals surface area contributed by atoms with Crippen LogP contribution in [0.3, 0.4) is 0 Å². The molecule has 1 aromatic heterocycles. The minimum atomic E-state index is -0.714. The molecular formula is C13H13N5O4. The minimum Gasteiger partial charge on any atom is -0.453 e. The summed E-state index contributed by atoms with van der Waals surface area (Å²) in [6.07, 6.45) is -0.586. The Labute approximate surface area is 124 Å². The topological polar surface area (TPSA) is 139 Å². The van der Waals surface area contributed by atoms with E-state index in [0.29, 0.717) is 16.9 Å². The molecule has 2 rings (SSSR count). The summed E-state index contributed by atoms with van der Waals surface area (Å²) in [6.45, 7) is 0. The minimum absolute atomic E-state index is 0.149. The number of carbonyl (C=O) groups excluding carboxylic acids is 2. The fraction of sp³-hybridized carbons (Fsp3) is 0.0769. The van der Waals surface area contributed by atoms with E-state index in [1.807, 2.05) is 5.43 Å². The number of hydrogen-bond acceptors (Lipinski definition) is 6. The van der Waals surface area contributed by atoms with Crippen LogP contribution in [0.25, 0.3) is 11.3 Å². The number of nitrogens with two attached hydrogens (primary N) is 1. The molecular weight excluding hydrogens is 290 g/mol. The number of aromatic amines is 1. The first-order valence-electron chi connectivity index (χ1n) is 6.11. The number of benzene rings is 1. The van der Waals surface area contributed by atoms with E-state index < -0.39 is 17.6 Å². The number of amides is 2. The Bertz CT molecular complexity index is 754. The number of nitrogens with one attached hydrogen (secondary N) is 3. The Morgan fingerprint density at radius 2 is 1.95 bits per heavy atom. The SMILES string of the molecule is COC(=O)Nc1ccc(-c2cc(C(=O)NN)c(=O)[nH]n2)cc1. The second-order valence-corrected chi connectivity index (χ2v) is 4.16. The van der Waals surface area contributed by atoms with Crippen molar-refractivity contribution in [1.29, 1.82) is 0 Å². The molecule has 2 aromatic rings. The molecule has 0 saturated heterocycles. The lowest BCUT2D eigenvalue weighted by Gasteiger charge is -2.06. The Morgan fingerprint density at radius 3 is 2.55 bits per heavy atom. The highest BCUT2D eigenvalue weighted by atomic mass is 16.5. The van der Waals surface area contributed by atoms with Crippen molar-refractivity contribution >= 4 is 17.7 Å². The molecule has 1 aromatic carbocycles. The lowest BCUT2D eigenvalue weighted by Crippen LogP contribution is -2.34. The second kappa shape index (κ2) is 6.50. The van der Waals surface area contributed by atoms with E-state index in [9.17, 15) is 14.4 Å². The predicted octanol–water partition coefficient (Wildman–Crippen LogP) is 0.219. The van der Waals surface area contributed by atoms with Crippen LogP contribution in [0.1, 0.15) is 10.4 Å². The van der Waals surface area contributed by atoms with Crippen molar-refractivity contribution < 1.29 is 14.3 Å². The first-order chi connectivity index (χ1) is 10.5. The molecule has 0 atom stereocenters. The average molecular weight is 303 g/mol. The number of H-pyrrole nitrogens is 1. The monoisotopic (exact) mass is 303 g/mol. The summed E-state index contributed by atoms with van der Waals surface area (Å²) in [5.41, 5.74) is 2.64. The maximum absolute atomic E-state index is 11.5. The van der Waals surface area contributed by atoms with Gasteiger partial charge in [0.1, 0.15) is 5.56 Å². The van der Waals surface area contributed by atoms with Gasteiger partial charge in [0.05, 0.1) is 12.8 Å². The Balaban J connectivity index is 2.30. The number of anilines is 1. The number of nitrogen functional groups attached to an aromatic ring is 1. The van der Waals surface area contributed by atoms with Crippen LogP contribution < -0.4 is 22.1 Å². The van der Waals surface area contributed by atoms with Crippen LogP contribution in [0, 0.1) is 0 Å². The maximum atomic E-state index is 11.5. The number of carbonyl (C=O) groups is 2. The van der Waals surface area contributed by atoms with Crippen molar-refractivity contribution in [1.82, 2.24) is 15.6 Å². The average Bonchev–Trinajstić information content (AvgIpc) is 2.55. The van der Waals surface area contributed by atoms with E-state index in [2.05, 4.69) is 20.3 Å². The van der Waals surface area contributed by atoms with Crippen molar-refractivity contribution in [2.45, 2.75) is 0 Å². The van der Waals surface area contributed by atoms with Crippen molar-refractivity contribution in [2.75, 3.05) is 12.4 Å². The summed E-state index contributed by atoms with van der Waals surface area (Å²) in [7, 11) is 1.26. The molecule has 0 aliphatic rings. The largest absolute Gasteiger partial charge is 0.453 e. The third kappa shape index (κ3) is 3.27. The van der Waals surface area contributed by atoms with Gasteiger partial charge in [0.2, 0.25) is 0 Å². The zero-order valence-corrected chi connectivity index (χ0v) is 11.5. The quantitative estimate of drug-likeness (QED) is 0.363. The van der Waals surface area contributed by atoms with E-state index in [-0.39, 0.29) is 5.56 Å². The van der Waals surface area contributed by atoms with Gasteiger partial charge in [-0.05, 0) is 18.2 Å². The summed E-state index contributed by atoms with van der Waals surface area (Å²) in [4.78, 5) is 34.1. The van der Waals surface area contributed by atoms with Crippen molar-refractivity contribution in [3.05, 3.63) is 46.2 Å². The molecule has 0 aliphatic heterocycles. The highest BCUT2D eigenvalue weighted by Crippen LogP contribution is 2.19. The third-order valence-electron chi connectivity index (χ3n) is 2.79. The lowest BCUT2D eigenvalue weighted by molar-refractivity contribution is 0.0952. The van der Waals surface area contributed by atoms with Crippen molar-refractivity contribution in [2.24, 2.45) is 5.84 Å². The van der Waals surface area contributed by atoms with Crippen molar-refractivity contribution in [3.8, 4) is 11.3 Å². The van der Waals surface area contributed by atoms with Gasteiger partial charge in [0, 0.05) is 11.3 Å². The van der Waals surface area contributed by atoms with Gasteiger partial charge in [0.25, 0.3) is 11.5 Å². The highest BCUT2D eigenvalue weighted by molar-refractivity contribution is 5.94. The van der Waals surface area contributed by atoms with Gasteiger partial charge in [-0.15, -0.1) is 0 Å². The number of ether oxygens (including phenoxy) is 1. The van der Waals surface area contributed by atoms with E-state index >= 15 is 0 Å². The molecule has 0 radical (unpaired) electrons. The summed E-state index contributed by atoms with van der Waals surface area (Å²) < 4.78 is 4.48. The summed E-state index contributed by atoms with van der Waals surface area (Å²) in [5.74, 6) is 4.30. The van der Waals surface area contributed by atoms with Crippen LogP contribution in [0.5, 0.6) is 0 Å². The smallest absolute Gasteiger partial charge is 0.411 e. The summed E-state index contributed by atoms with van der Waals surface area (Å²) >= 11 is 0. The molecule has 2 amide bonds. The zero-order chi connectivity index (χ0) is 16.1. The first kappa shape index (κ1) is 15.2. The Morgan fingerprint density at radius 1 is 1.27 bits per heavy atom. The molecule has 0 bridgehead atoms. The second-order valence-electron chi connectivity index (χ2n) is 4.16. The molecule has 0 spiro atoms. The maximum Gasteiger partial charge on any atom is 0.411 e. The van der Waals surface area contributed by atoms with E-state index in [1.165, 1.54) is 13.2 Å². The summed E-state index contributed by atoms with van der Waals surface area (Å²) in [6, 6.07) is 7.90. The normalized spacial score (nSPS) is 9.91. The van der Waals surface area contributed by atoms with Gasteiger partial charge in [-0.2, -0.15) is 5.10 Å². The number of nitrogens with zero attached hydrogens (tertiary/aromatic N) is 1. The number of hydrazine groups is 1. The van der Waals surface area contributed by atoms with Gasteiger partial charge in [-0.25, -0.2) is 15.7 Å². The van der Waals surface area contributed by atoms with E-state index in [1.54, 1.807) is 24.3 Å². The van der Waals surface area contributed by atoms with E-state index in [0.717, 1.165) is 0 Å². The van der Waals surface area contributed by atoms with Gasteiger partial charge in [-0.1, -0.05) is 12.1 Å². The number of rotatable bonds is 3. The molecule has 5 N–H and O–H groups in total. The van der Waals surface area contributed by atoms with E-state index in [4.69, 9.17) is 5.84 Å². The van der Waals surface area contributed by atoms with Crippen LogP contribution in [0.15, 0.2) is 35.1 Å². The fourth-order valence-electron chi connectivity index (χ4n) is 1.69. The fourth-order valence-corrected chi connectivity index (χ4v) is 1.69. The van der Waals surface area contributed by atoms with Gasteiger partial charge >= 0.3 is 6.09 Å². The van der Waals surface area contributed by atoms with Crippen LogP contribution in [0.2, 0.25) is 0 Å². The van der Waals surface area contributed by atoms with Gasteiger partial charge in [0.15, 0.2) is 0 Å². The van der Waals surface area contributed by atoms with Crippen LogP contribution in [0.4, 0.5) is 10.5 Å². The molecule has 0 saturated carbocycles. The van der Waals surface area contributed by atoms with Gasteiger partial charge in [-0.3, -0.25) is 20.3 Å². The predicted molar refractivity (Wildman–Crippen MR) is 78.0 cm³/mol. The molecule has 0 fully saturated rings. The molecule has 0 aliphatic carbocycles. The number of methoxy groups -OCH3 is 1.